The number of halogens is 3. The minimum Gasteiger partial charge on any atom is -0.389 e. The Labute approximate surface area is 192 Å². The van der Waals surface area contributed by atoms with Gasteiger partial charge in [0.25, 0.3) is 0 Å². The molecule has 4 rings (SSSR count). The molecule has 0 radical (unpaired) electrons. The van der Waals surface area contributed by atoms with Gasteiger partial charge in [-0.2, -0.15) is 18.3 Å². The molecular weight excluding hydrogens is 453 g/mol. The van der Waals surface area contributed by atoms with E-state index in [1.165, 1.54) is 11.3 Å². The van der Waals surface area contributed by atoms with Crippen LogP contribution in [0.1, 0.15) is 25.1 Å². The largest absolute Gasteiger partial charge is 0.433 e. The van der Waals surface area contributed by atoms with Gasteiger partial charge in [0.05, 0.1) is 23.2 Å². The van der Waals surface area contributed by atoms with Crippen molar-refractivity contribution in [3.63, 3.8) is 0 Å². The number of hydrogen-bond donors (Lipinski definition) is 2. The molecule has 0 unspecified atom stereocenters. The molecule has 0 spiro atoms. The molecule has 33 heavy (non-hydrogen) atoms. The van der Waals surface area contributed by atoms with Gasteiger partial charge in [0.1, 0.15) is 10.7 Å². The Bertz CT molecular complexity index is 1280. The summed E-state index contributed by atoms with van der Waals surface area (Å²) < 4.78 is 40.5. The molecule has 11 heteroatoms. The first-order valence-electron chi connectivity index (χ1n) is 9.97. The van der Waals surface area contributed by atoms with Gasteiger partial charge in [-0.1, -0.05) is 6.07 Å². The Morgan fingerprint density at radius 1 is 1.09 bits per heavy atom. The van der Waals surface area contributed by atoms with Crippen molar-refractivity contribution in [3.05, 3.63) is 60.3 Å². The second-order valence-corrected chi connectivity index (χ2v) is 9.28. The minimum atomic E-state index is -4.54. The molecule has 0 aliphatic carbocycles. The number of anilines is 2. The van der Waals surface area contributed by atoms with E-state index >= 15 is 0 Å². The Kier molecular flexibility index (Phi) is 5.93. The maximum absolute atomic E-state index is 12.9. The summed E-state index contributed by atoms with van der Waals surface area (Å²) >= 11 is 1.47. The van der Waals surface area contributed by atoms with Crippen molar-refractivity contribution in [2.24, 2.45) is 0 Å². The summed E-state index contributed by atoms with van der Waals surface area (Å²) in [5, 5.41) is 17.9. The second kappa shape index (κ2) is 8.56. The van der Waals surface area contributed by atoms with E-state index in [2.05, 4.69) is 25.4 Å². The van der Waals surface area contributed by atoms with E-state index in [1.807, 2.05) is 25.3 Å². The van der Waals surface area contributed by atoms with Gasteiger partial charge in [-0.3, -0.25) is 4.68 Å². The first-order valence-corrected chi connectivity index (χ1v) is 10.8. The van der Waals surface area contributed by atoms with Crippen molar-refractivity contribution in [1.82, 2.24) is 24.7 Å². The van der Waals surface area contributed by atoms with Crippen LogP contribution in [0.25, 0.3) is 21.0 Å². The third kappa shape index (κ3) is 5.74. The smallest absolute Gasteiger partial charge is 0.389 e. The van der Waals surface area contributed by atoms with Crippen molar-refractivity contribution in [2.45, 2.75) is 39.1 Å². The zero-order valence-electron chi connectivity index (χ0n) is 18.1. The number of aromatic nitrogens is 5. The van der Waals surface area contributed by atoms with Crippen LogP contribution in [0.4, 0.5) is 24.8 Å². The highest BCUT2D eigenvalue weighted by Crippen LogP contribution is 2.34. The quantitative estimate of drug-likeness (QED) is 0.394. The number of nitrogens with zero attached hydrogens (tertiary/aromatic N) is 5. The molecule has 0 amide bonds. The van der Waals surface area contributed by atoms with Crippen LogP contribution in [0.2, 0.25) is 0 Å². The molecule has 0 aliphatic rings. The molecule has 0 saturated heterocycles. The molecule has 1 aromatic carbocycles. The number of aryl methyl sites for hydroxylation is 1. The SMILES string of the molecule is Cc1cc(Nc2nccc(C(F)(F)F)n2)cc(-c2cnc(-c3cnn(CC(C)(C)O)c3)s2)c1. The molecule has 0 bridgehead atoms. The minimum absolute atomic E-state index is 0.134. The van der Waals surface area contributed by atoms with Crippen molar-refractivity contribution in [3.8, 4) is 21.0 Å². The number of aliphatic hydroxyl groups is 1. The molecule has 0 aliphatic heterocycles. The van der Waals surface area contributed by atoms with Crippen molar-refractivity contribution >= 4 is 23.0 Å². The molecule has 172 valence electrons. The van der Waals surface area contributed by atoms with Gasteiger partial charge in [-0.25, -0.2) is 15.0 Å². The van der Waals surface area contributed by atoms with E-state index in [4.69, 9.17) is 0 Å². The van der Waals surface area contributed by atoms with Crippen molar-refractivity contribution < 1.29 is 18.3 Å². The van der Waals surface area contributed by atoms with Crippen LogP contribution in [-0.4, -0.2) is 35.4 Å². The summed E-state index contributed by atoms with van der Waals surface area (Å²) in [6, 6.07) is 6.41. The first-order chi connectivity index (χ1) is 15.5. The second-order valence-electron chi connectivity index (χ2n) is 8.24. The van der Waals surface area contributed by atoms with Gasteiger partial charge >= 0.3 is 6.18 Å². The molecule has 0 saturated carbocycles. The summed E-state index contributed by atoms with van der Waals surface area (Å²) in [6.07, 6.45) is 1.79. The molecule has 4 aromatic rings. The van der Waals surface area contributed by atoms with E-state index < -0.39 is 17.5 Å². The lowest BCUT2D eigenvalue weighted by atomic mass is 10.1. The summed E-state index contributed by atoms with van der Waals surface area (Å²) in [7, 11) is 0. The monoisotopic (exact) mass is 474 g/mol. The predicted octanol–water partition coefficient (Wildman–Crippen LogP) is 5.31. The van der Waals surface area contributed by atoms with Gasteiger partial charge < -0.3 is 10.4 Å². The summed E-state index contributed by atoms with van der Waals surface area (Å²) in [4.78, 5) is 12.8. The molecular formula is C22H21F3N6OS. The molecule has 0 atom stereocenters. The molecule has 0 fully saturated rings. The van der Waals surface area contributed by atoms with Crippen molar-refractivity contribution in [2.75, 3.05) is 5.32 Å². The van der Waals surface area contributed by atoms with Crippen LogP contribution in [0.3, 0.4) is 0 Å². The topological polar surface area (TPSA) is 88.8 Å². The van der Waals surface area contributed by atoms with Crippen LogP contribution in [0, 0.1) is 6.92 Å². The first kappa shape index (κ1) is 22.9. The molecule has 3 aromatic heterocycles. The van der Waals surface area contributed by atoms with Crippen LogP contribution < -0.4 is 5.32 Å². The van der Waals surface area contributed by atoms with E-state index in [0.717, 1.165) is 38.8 Å². The Balaban J connectivity index is 1.57. The Hall–Kier alpha value is -3.31. The van der Waals surface area contributed by atoms with Gasteiger partial charge in [0.2, 0.25) is 5.95 Å². The number of benzene rings is 1. The van der Waals surface area contributed by atoms with Gasteiger partial charge in [-0.05, 0) is 50.1 Å². The zero-order chi connectivity index (χ0) is 23.8. The number of hydrogen-bond acceptors (Lipinski definition) is 7. The van der Waals surface area contributed by atoms with Crippen LogP contribution in [-0.2, 0) is 12.7 Å². The lowest BCUT2D eigenvalue weighted by molar-refractivity contribution is -0.141. The fourth-order valence-electron chi connectivity index (χ4n) is 3.20. The Morgan fingerprint density at radius 3 is 2.61 bits per heavy atom. The van der Waals surface area contributed by atoms with E-state index in [-0.39, 0.29) is 5.95 Å². The third-order valence-electron chi connectivity index (χ3n) is 4.50. The summed E-state index contributed by atoms with van der Waals surface area (Å²) in [6.45, 7) is 5.67. The molecule has 3 heterocycles. The lowest BCUT2D eigenvalue weighted by Crippen LogP contribution is -2.26. The fraction of sp³-hybridized carbons (Fsp3) is 0.273. The molecule has 7 nitrogen and oxygen atoms in total. The zero-order valence-corrected chi connectivity index (χ0v) is 18.9. The highest BCUT2D eigenvalue weighted by molar-refractivity contribution is 7.18. The highest BCUT2D eigenvalue weighted by atomic mass is 32.1. The summed E-state index contributed by atoms with van der Waals surface area (Å²) in [5.74, 6) is -0.134. The number of thiazole rings is 1. The average molecular weight is 475 g/mol. The number of alkyl halides is 3. The van der Waals surface area contributed by atoms with Gasteiger partial charge in [0, 0.05) is 29.8 Å². The van der Waals surface area contributed by atoms with Gasteiger partial charge in [-0.15, -0.1) is 11.3 Å². The van der Waals surface area contributed by atoms with E-state index in [0.29, 0.717) is 12.2 Å². The standard InChI is InChI=1S/C22H21F3N6OS/c1-13-6-14(8-16(7-13)29-20-26-5-4-18(30-20)22(23,24)25)17-10-27-19(33-17)15-9-28-31(11-15)12-21(2,3)32/h4-11,32H,12H2,1-3H3,(H,26,29,30). The Morgan fingerprint density at radius 2 is 1.88 bits per heavy atom. The number of rotatable bonds is 6. The third-order valence-corrected chi connectivity index (χ3v) is 5.59. The lowest BCUT2D eigenvalue weighted by Gasteiger charge is -2.16. The maximum Gasteiger partial charge on any atom is 0.433 e. The maximum atomic E-state index is 12.9. The van der Waals surface area contributed by atoms with Gasteiger partial charge in [0.15, 0.2) is 0 Å². The summed E-state index contributed by atoms with van der Waals surface area (Å²) in [5.41, 5.74) is 1.28. The van der Waals surface area contributed by atoms with Crippen LogP contribution in [0.5, 0.6) is 0 Å². The van der Waals surface area contributed by atoms with Crippen LogP contribution >= 0.6 is 11.3 Å². The average Bonchev–Trinajstić information content (AvgIpc) is 3.35. The van der Waals surface area contributed by atoms with Crippen molar-refractivity contribution in [1.29, 1.82) is 0 Å². The fourth-order valence-corrected chi connectivity index (χ4v) is 4.08. The molecule has 2 N–H and O–H groups in total. The normalized spacial score (nSPS) is 12.2. The van der Waals surface area contributed by atoms with E-state index in [1.54, 1.807) is 37.0 Å². The van der Waals surface area contributed by atoms with Crippen LogP contribution in [0.15, 0.2) is 49.1 Å². The number of nitrogens with one attached hydrogen (secondary N) is 1. The highest BCUT2D eigenvalue weighted by Gasteiger charge is 2.32. The van der Waals surface area contributed by atoms with E-state index in [9.17, 15) is 18.3 Å². The predicted molar refractivity (Wildman–Crippen MR) is 120 cm³/mol.